The minimum atomic E-state index is -4.42. The number of amides is 1. The molecule has 2 saturated heterocycles. The molecule has 0 unspecified atom stereocenters. The van der Waals surface area contributed by atoms with E-state index in [2.05, 4.69) is 14.8 Å². The van der Waals surface area contributed by atoms with Gasteiger partial charge in [0.25, 0.3) is 0 Å². The Hall–Kier alpha value is -3.45. The molecule has 3 aliphatic heterocycles. The van der Waals surface area contributed by atoms with Gasteiger partial charge in [0.05, 0.1) is 12.7 Å². The van der Waals surface area contributed by atoms with Crippen molar-refractivity contribution in [1.29, 1.82) is 0 Å². The van der Waals surface area contributed by atoms with Gasteiger partial charge in [0, 0.05) is 71.6 Å². The van der Waals surface area contributed by atoms with E-state index >= 15 is 0 Å². The summed E-state index contributed by atoms with van der Waals surface area (Å²) in [7, 11) is 1.62. The average Bonchev–Trinajstić information content (AvgIpc) is 3.42. The van der Waals surface area contributed by atoms with E-state index in [1.165, 1.54) is 0 Å². The topological polar surface area (TPSA) is 79.8 Å². The molecule has 1 aromatic heterocycles. The van der Waals surface area contributed by atoms with Crippen LogP contribution in [0.4, 0.5) is 23.8 Å². The number of pyridine rings is 1. The zero-order valence-corrected chi connectivity index (χ0v) is 21.8. The van der Waals surface area contributed by atoms with E-state index in [0.29, 0.717) is 50.0 Å². The number of piperazine rings is 2. The molecular weight excluding hydrogens is 519 g/mol. The highest BCUT2D eigenvalue weighted by Gasteiger charge is 2.32. The monoisotopic (exact) mass is 551 g/mol. The molecule has 5 rings (SSSR count). The van der Waals surface area contributed by atoms with E-state index in [1.54, 1.807) is 16.9 Å². The number of hydrogen-bond donors (Lipinski definition) is 0. The highest BCUT2D eigenvalue weighted by Crippen LogP contribution is 2.42. The van der Waals surface area contributed by atoms with Gasteiger partial charge in [-0.2, -0.15) is 13.2 Å². The Morgan fingerprint density at radius 3 is 2.46 bits per heavy atom. The Labute approximate surface area is 224 Å². The molecule has 10 nitrogen and oxygen atoms in total. The average molecular weight is 552 g/mol. The molecule has 0 saturated carbocycles. The number of hydrogen-bond acceptors (Lipinski definition) is 9. The summed E-state index contributed by atoms with van der Waals surface area (Å²) in [5.74, 6) is 2.29. The van der Waals surface area contributed by atoms with Crippen LogP contribution in [0.15, 0.2) is 30.5 Å². The highest BCUT2D eigenvalue weighted by molar-refractivity contribution is 5.68. The first kappa shape index (κ1) is 27.1. The van der Waals surface area contributed by atoms with E-state index in [4.69, 9.17) is 18.9 Å². The summed E-state index contributed by atoms with van der Waals surface area (Å²) >= 11 is 0. The fourth-order valence-electron chi connectivity index (χ4n) is 4.94. The number of methoxy groups -OCH3 is 1. The molecule has 39 heavy (non-hydrogen) atoms. The number of aromatic nitrogens is 1. The lowest BCUT2D eigenvalue weighted by atomic mass is 10.1. The van der Waals surface area contributed by atoms with Crippen molar-refractivity contribution in [2.75, 3.05) is 84.3 Å². The molecule has 0 radical (unpaired) electrons. The zero-order chi connectivity index (χ0) is 27.4. The third kappa shape index (κ3) is 6.59. The van der Waals surface area contributed by atoms with Crippen LogP contribution in [0.1, 0.15) is 11.1 Å². The summed E-state index contributed by atoms with van der Waals surface area (Å²) in [5.41, 5.74) is 0.366. The summed E-state index contributed by atoms with van der Waals surface area (Å²) in [6, 6.07) is 5.97. The van der Waals surface area contributed by atoms with E-state index in [9.17, 15) is 18.0 Å². The molecule has 3 aliphatic rings. The predicted octanol–water partition coefficient (Wildman–Crippen LogP) is 2.91. The van der Waals surface area contributed by atoms with Crippen LogP contribution in [0.3, 0.4) is 0 Å². The lowest BCUT2D eigenvalue weighted by molar-refractivity contribution is -0.137. The van der Waals surface area contributed by atoms with Gasteiger partial charge in [0.15, 0.2) is 11.5 Å². The predicted molar refractivity (Wildman–Crippen MR) is 135 cm³/mol. The van der Waals surface area contributed by atoms with Gasteiger partial charge in [-0.05, 0) is 29.8 Å². The maximum atomic E-state index is 13.0. The number of nitrogens with zero attached hydrogens (tertiary/aromatic N) is 5. The van der Waals surface area contributed by atoms with Crippen LogP contribution in [0, 0.1) is 0 Å². The van der Waals surface area contributed by atoms with Crippen molar-refractivity contribution in [2.45, 2.75) is 12.7 Å². The van der Waals surface area contributed by atoms with Crippen LogP contribution < -0.4 is 19.1 Å². The second kappa shape index (κ2) is 11.7. The zero-order valence-electron chi connectivity index (χ0n) is 21.8. The van der Waals surface area contributed by atoms with Gasteiger partial charge in [-0.1, -0.05) is 0 Å². The van der Waals surface area contributed by atoms with Gasteiger partial charge in [-0.15, -0.1) is 0 Å². The summed E-state index contributed by atoms with van der Waals surface area (Å²) in [4.78, 5) is 24.5. The maximum Gasteiger partial charge on any atom is 0.416 e. The number of ether oxygens (including phenoxy) is 4. The summed E-state index contributed by atoms with van der Waals surface area (Å²) < 4.78 is 60.9. The van der Waals surface area contributed by atoms with Crippen LogP contribution in [0.25, 0.3) is 0 Å². The van der Waals surface area contributed by atoms with Gasteiger partial charge in [-0.25, -0.2) is 9.78 Å². The first-order valence-electron chi connectivity index (χ1n) is 12.9. The first-order valence-corrected chi connectivity index (χ1v) is 12.9. The Bertz CT molecular complexity index is 1150. The molecule has 1 aromatic carbocycles. The van der Waals surface area contributed by atoms with Gasteiger partial charge < -0.3 is 28.7 Å². The van der Waals surface area contributed by atoms with Crippen molar-refractivity contribution >= 4 is 11.9 Å². The standard InChI is InChI=1S/C26H32F3N5O5/c1-36-21-14-19(15-22-24(21)39-18-38-22)17-32-6-4-31(5-7-32)12-13-37-25(35)34-10-8-33(9-11-34)23-16-20(2-3-30-23)26(27,28)29/h2-3,14-16H,4-13,17-18H2,1H3. The van der Waals surface area contributed by atoms with E-state index in [0.717, 1.165) is 56.6 Å². The number of fused-ring (bicyclic) bond motifs is 1. The normalized spacial score (nSPS) is 18.4. The lowest BCUT2D eigenvalue weighted by Gasteiger charge is -2.36. The summed E-state index contributed by atoms with van der Waals surface area (Å²) in [6.45, 7) is 6.90. The molecule has 0 atom stereocenters. The van der Waals surface area contributed by atoms with Crippen LogP contribution in [-0.4, -0.2) is 105 Å². The number of alkyl halides is 3. The minimum absolute atomic E-state index is 0.200. The molecule has 1 amide bonds. The molecule has 0 N–H and O–H groups in total. The van der Waals surface area contributed by atoms with Crippen molar-refractivity contribution in [2.24, 2.45) is 0 Å². The Balaban J connectivity index is 1.00. The number of anilines is 1. The Kier molecular flexibility index (Phi) is 8.17. The number of halogens is 3. The van der Waals surface area contributed by atoms with Crippen molar-refractivity contribution in [3.63, 3.8) is 0 Å². The second-order valence-electron chi connectivity index (χ2n) is 9.64. The van der Waals surface area contributed by atoms with Gasteiger partial charge in [-0.3, -0.25) is 9.80 Å². The first-order chi connectivity index (χ1) is 18.8. The Morgan fingerprint density at radius 2 is 1.74 bits per heavy atom. The van der Waals surface area contributed by atoms with Crippen LogP contribution >= 0.6 is 0 Å². The SMILES string of the molecule is COc1cc(CN2CCN(CCOC(=O)N3CCN(c4cc(C(F)(F)F)ccn4)CC3)CC2)cc2c1OCO2. The van der Waals surface area contributed by atoms with E-state index < -0.39 is 17.8 Å². The van der Waals surface area contributed by atoms with Crippen molar-refractivity contribution in [3.05, 3.63) is 41.6 Å². The van der Waals surface area contributed by atoms with Gasteiger partial charge in [0.2, 0.25) is 12.5 Å². The van der Waals surface area contributed by atoms with Crippen molar-refractivity contribution in [3.8, 4) is 17.2 Å². The third-order valence-electron chi connectivity index (χ3n) is 7.16. The number of carbonyl (C=O) groups is 1. The molecular formula is C26H32F3N5O5. The largest absolute Gasteiger partial charge is 0.493 e. The second-order valence-corrected chi connectivity index (χ2v) is 9.64. The highest BCUT2D eigenvalue weighted by atomic mass is 19.4. The molecule has 0 bridgehead atoms. The molecule has 2 aromatic rings. The minimum Gasteiger partial charge on any atom is -0.493 e. The van der Waals surface area contributed by atoms with Gasteiger partial charge >= 0.3 is 12.3 Å². The molecule has 4 heterocycles. The molecule has 2 fully saturated rings. The number of carbonyl (C=O) groups excluding carboxylic acids is 1. The smallest absolute Gasteiger partial charge is 0.416 e. The molecule has 0 aliphatic carbocycles. The van der Waals surface area contributed by atoms with Crippen LogP contribution in [0.5, 0.6) is 17.2 Å². The van der Waals surface area contributed by atoms with E-state index in [-0.39, 0.29) is 19.2 Å². The third-order valence-corrected chi connectivity index (χ3v) is 7.16. The maximum absolute atomic E-state index is 13.0. The molecule has 212 valence electrons. The van der Waals surface area contributed by atoms with E-state index in [1.807, 2.05) is 12.1 Å². The van der Waals surface area contributed by atoms with Crippen LogP contribution in [0.2, 0.25) is 0 Å². The van der Waals surface area contributed by atoms with Crippen molar-refractivity contribution < 1.29 is 36.9 Å². The fraction of sp³-hybridized carbons (Fsp3) is 0.538. The summed E-state index contributed by atoms with van der Waals surface area (Å²) in [5, 5.41) is 0. The van der Waals surface area contributed by atoms with Crippen molar-refractivity contribution in [1.82, 2.24) is 19.7 Å². The molecule has 0 spiro atoms. The Morgan fingerprint density at radius 1 is 1.00 bits per heavy atom. The number of rotatable bonds is 7. The molecule has 13 heteroatoms. The summed E-state index contributed by atoms with van der Waals surface area (Å²) in [6.07, 6.45) is -3.66. The van der Waals surface area contributed by atoms with Crippen LogP contribution in [-0.2, 0) is 17.5 Å². The number of benzene rings is 1. The quantitative estimate of drug-likeness (QED) is 0.516. The fourth-order valence-corrected chi connectivity index (χ4v) is 4.94. The lowest BCUT2D eigenvalue weighted by Crippen LogP contribution is -2.50. The van der Waals surface area contributed by atoms with Gasteiger partial charge in [0.1, 0.15) is 12.4 Å².